The summed E-state index contributed by atoms with van der Waals surface area (Å²) in [6.45, 7) is 5.39. The van der Waals surface area contributed by atoms with Crippen molar-refractivity contribution in [3.05, 3.63) is 80.3 Å². The van der Waals surface area contributed by atoms with Crippen LogP contribution in [0.4, 0.5) is 11.4 Å². The van der Waals surface area contributed by atoms with Crippen molar-refractivity contribution in [2.45, 2.75) is 20.8 Å². The highest BCUT2D eigenvalue weighted by atomic mass is 79.9. The van der Waals surface area contributed by atoms with Crippen LogP contribution in [0.25, 0.3) is 0 Å². The molecule has 198 valence electrons. The molecule has 0 bridgehead atoms. The van der Waals surface area contributed by atoms with E-state index in [-0.39, 0.29) is 12.5 Å². The Balaban J connectivity index is 1.59. The van der Waals surface area contributed by atoms with Crippen LogP contribution in [0.15, 0.2) is 58.1 Å². The second-order valence-corrected chi connectivity index (χ2v) is 9.50. The fourth-order valence-corrected chi connectivity index (χ4v) is 3.99. The molecular weight excluding hydrogens is 576 g/mol. The number of nitrogens with one attached hydrogen (secondary N) is 3. The number of carbonyl (C=O) groups is 3. The molecule has 0 radical (unpaired) electrons. The smallest absolute Gasteiger partial charge is 0.329 e. The van der Waals surface area contributed by atoms with Gasteiger partial charge in [-0.2, -0.15) is 5.10 Å². The number of carbonyl (C=O) groups excluding carboxylic acids is 3. The minimum absolute atomic E-state index is 0.278. The topological polar surface area (TPSA) is 118 Å². The Bertz CT molecular complexity index is 1410. The number of hydrazone groups is 1. The average molecular weight is 602 g/mol. The molecule has 3 aromatic carbocycles. The van der Waals surface area contributed by atoms with Crippen molar-refractivity contribution in [2.75, 3.05) is 24.4 Å². The van der Waals surface area contributed by atoms with E-state index in [0.717, 1.165) is 16.7 Å². The van der Waals surface area contributed by atoms with Crippen LogP contribution in [-0.2, 0) is 14.4 Å². The van der Waals surface area contributed by atoms with Crippen molar-refractivity contribution in [2.24, 2.45) is 5.10 Å². The van der Waals surface area contributed by atoms with Crippen LogP contribution in [0, 0.1) is 20.8 Å². The number of rotatable bonds is 8. The lowest BCUT2D eigenvalue weighted by Gasteiger charge is -2.14. The highest BCUT2D eigenvalue weighted by Crippen LogP contribution is 2.36. The van der Waals surface area contributed by atoms with Crippen molar-refractivity contribution in [1.29, 1.82) is 0 Å². The zero-order valence-electron chi connectivity index (χ0n) is 21.1. The molecule has 0 saturated carbocycles. The predicted molar refractivity (Wildman–Crippen MR) is 151 cm³/mol. The Morgan fingerprint density at radius 3 is 2.47 bits per heavy atom. The summed E-state index contributed by atoms with van der Waals surface area (Å²) in [5.74, 6) is -1.52. The first-order valence-corrected chi connectivity index (χ1v) is 12.5. The molecule has 0 aromatic heterocycles. The summed E-state index contributed by atoms with van der Waals surface area (Å²) in [6, 6.07) is 13.8. The van der Waals surface area contributed by atoms with E-state index < -0.39 is 11.8 Å². The maximum Gasteiger partial charge on any atom is 0.329 e. The van der Waals surface area contributed by atoms with Gasteiger partial charge < -0.3 is 20.1 Å². The van der Waals surface area contributed by atoms with Crippen LogP contribution >= 0.6 is 27.5 Å². The Kier molecular flexibility index (Phi) is 9.86. The largest absolute Gasteiger partial charge is 0.493 e. The van der Waals surface area contributed by atoms with Crippen LogP contribution in [0.2, 0.25) is 5.02 Å². The number of hydrogen-bond donors (Lipinski definition) is 3. The van der Waals surface area contributed by atoms with E-state index in [0.29, 0.717) is 37.9 Å². The van der Waals surface area contributed by atoms with Gasteiger partial charge in [0.05, 0.1) is 17.8 Å². The van der Waals surface area contributed by atoms with Crippen LogP contribution in [0.5, 0.6) is 11.5 Å². The van der Waals surface area contributed by atoms with E-state index >= 15 is 0 Å². The quantitative estimate of drug-likeness (QED) is 0.188. The van der Waals surface area contributed by atoms with Gasteiger partial charge in [-0.3, -0.25) is 14.4 Å². The van der Waals surface area contributed by atoms with Gasteiger partial charge in [-0.05, 0) is 95.4 Å². The molecule has 3 rings (SSSR count). The van der Waals surface area contributed by atoms with E-state index in [2.05, 4.69) is 37.1 Å². The molecule has 0 atom stereocenters. The molecule has 0 heterocycles. The number of aryl methyl sites for hydroxylation is 2. The maximum absolute atomic E-state index is 12.4. The first-order chi connectivity index (χ1) is 18.1. The van der Waals surface area contributed by atoms with Crippen LogP contribution in [0.1, 0.15) is 22.3 Å². The van der Waals surface area contributed by atoms with Crippen LogP contribution in [0.3, 0.4) is 0 Å². The molecule has 0 aliphatic rings. The highest BCUT2D eigenvalue weighted by Gasteiger charge is 2.15. The Labute approximate surface area is 233 Å². The standard InChI is InChI=1S/C27H26BrClN4O5/c1-15-8-9-19(10-16(15)2)31-26(35)27(36)33-30-13-18-11-20(28)25(23(12-18)37-4)38-14-24(34)32-22-7-5-6-21(29)17(22)3/h5-13H,14H2,1-4H3,(H,31,35)(H,32,34)(H,33,36)/b30-13-. The molecule has 3 N–H and O–H groups in total. The number of benzene rings is 3. The molecule has 11 heteroatoms. The second-order valence-electron chi connectivity index (χ2n) is 8.24. The van der Waals surface area contributed by atoms with E-state index in [1.807, 2.05) is 19.9 Å². The minimum Gasteiger partial charge on any atom is -0.493 e. The molecule has 38 heavy (non-hydrogen) atoms. The first kappa shape index (κ1) is 28.7. The van der Waals surface area contributed by atoms with Gasteiger partial charge >= 0.3 is 11.8 Å². The van der Waals surface area contributed by atoms with Crippen LogP contribution in [-0.4, -0.2) is 37.7 Å². The number of ether oxygens (including phenoxy) is 2. The zero-order chi connectivity index (χ0) is 27.8. The van der Waals surface area contributed by atoms with Gasteiger partial charge in [0.1, 0.15) is 0 Å². The van der Waals surface area contributed by atoms with Gasteiger partial charge in [0.15, 0.2) is 18.1 Å². The summed E-state index contributed by atoms with van der Waals surface area (Å²) in [7, 11) is 1.45. The lowest BCUT2D eigenvalue weighted by Crippen LogP contribution is -2.32. The van der Waals surface area contributed by atoms with Gasteiger partial charge in [0.2, 0.25) is 0 Å². The van der Waals surface area contributed by atoms with E-state index in [1.165, 1.54) is 13.3 Å². The summed E-state index contributed by atoms with van der Waals surface area (Å²) in [4.78, 5) is 36.7. The SMILES string of the molecule is COc1cc(/C=N\NC(=O)C(=O)Nc2ccc(C)c(C)c2)cc(Br)c1OCC(=O)Nc1cccc(Cl)c1C. The van der Waals surface area contributed by atoms with Gasteiger partial charge in [-0.1, -0.05) is 23.7 Å². The molecular formula is C27H26BrClN4O5. The first-order valence-electron chi connectivity index (χ1n) is 11.4. The molecule has 3 amide bonds. The highest BCUT2D eigenvalue weighted by molar-refractivity contribution is 9.10. The Morgan fingerprint density at radius 2 is 1.76 bits per heavy atom. The number of methoxy groups -OCH3 is 1. The maximum atomic E-state index is 12.4. The van der Waals surface area contributed by atoms with Gasteiger partial charge in [-0.25, -0.2) is 5.43 Å². The lowest BCUT2D eigenvalue weighted by molar-refractivity contribution is -0.136. The van der Waals surface area contributed by atoms with Crippen LogP contribution < -0.4 is 25.5 Å². The van der Waals surface area contributed by atoms with Gasteiger partial charge in [0, 0.05) is 16.4 Å². The summed E-state index contributed by atoms with van der Waals surface area (Å²) in [5.41, 5.74) is 6.64. The molecule has 0 unspecified atom stereocenters. The van der Waals surface area contributed by atoms with Gasteiger partial charge in [0.25, 0.3) is 5.91 Å². The molecule has 0 spiro atoms. The molecule has 0 saturated heterocycles. The summed E-state index contributed by atoms with van der Waals surface area (Å²) >= 11 is 9.50. The lowest BCUT2D eigenvalue weighted by atomic mass is 10.1. The van der Waals surface area contributed by atoms with Crippen molar-refractivity contribution in [3.63, 3.8) is 0 Å². The fourth-order valence-electron chi connectivity index (χ4n) is 3.24. The monoisotopic (exact) mass is 600 g/mol. The summed E-state index contributed by atoms with van der Waals surface area (Å²) in [5, 5.41) is 9.67. The number of nitrogens with zero attached hydrogens (tertiary/aromatic N) is 1. The average Bonchev–Trinajstić information content (AvgIpc) is 2.88. The fraction of sp³-hybridized carbons (Fsp3) is 0.185. The Hall–Kier alpha value is -3.89. The summed E-state index contributed by atoms with van der Waals surface area (Å²) < 4.78 is 11.6. The van der Waals surface area contributed by atoms with E-state index in [9.17, 15) is 14.4 Å². The Morgan fingerprint density at radius 1 is 1.00 bits per heavy atom. The number of anilines is 2. The third-order valence-corrected chi connectivity index (χ3v) is 6.49. The van der Waals surface area contributed by atoms with Crippen molar-refractivity contribution >= 4 is 62.8 Å². The molecule has 0 aliphatic carbocycles. The number of amides is 3. The predicted octanol–water partition coefficient (Wildman–Crippen LogP) is 5.14. The molecule has 0 aliphatic heterocycles. The molecule has 9 nitrogen and oxygen atoms in total. The van der Waals surface area contributed by atoms with E-state index in [1.54, 1.807) is 49.4 Å². The van der Waals surface area contributed by atoms with Gasteiger partial charge in [-0.15, -0.1) is 0 Å². The normalized spacial score (nSPS) is 10.7. The zero-order valence-corrected chi connectivity index (χ0v) is 23.5. The molecule has 0 fully saturated rings. The molecule has 3 aromatic rings. The number of hydrogen-bond acceptors (Lipinski definition) is 6. The number of halogens is 2. The van der Waals surface area contributed by atoms with Crippen molar-refractivity contribution in [1.82, 2.24) is 5.43 Å². The van der Waals surface area contributed by atoms with Crippen molar-refractivity contribution in [3.8, 4) is 11.5 Å². The van der Waals surface area contributed by atoms with E-state index in [4.69, 9.17) is 21.1 Å². The van der Waals surface area contributed by atoms with Crippen molar-refractivity contribution < 1.29 is 23.9 Å². The third kappa shape index (κ3) is 7.56. The second kappa shape index (κ2) is 13.1. The third-order valence-electron chi connectivity index (χ3n) is 5.49. The summed E-state index contributed by atoms with van der Waals surface area (Å²) in [6.07, 6.45) is 1.34. The minimum atomic E-state index is -0.925.